The molecule has 6 heteroatoms. The molecule has 0 aliphatic rings. The Morgan fingerprint density at radius 2 is 1.88 bits per heavy atom. The highest BCUT2D eigenvalue weighted by molar-refractivity contribution is 5.95. The minimum atomic E-state index is -0.228. The maximum Gasteiger partial charge on any atom is 0.275 e. The standard InChI is InChI=1S/C19H25N3O3/c1-4-15-7-5-6-8-17(15)21-18(23)11-20-19(24)13-22(3)12-16-10-9-14(2)25-16/h5-10H,4,11-13H2,1-3H3,(H,20,24)(H,21,23)/p+1. The highest BCUT2D eigenvalue weighted by atomic mass is 16.3. The van der Waals surface area contributed by atoms with Crippen LogP contribution in [0.15, 0.2) is 40.8 Å². The van der Waals surface area contributed by atoms with Crippen LogP contribution >= 0.6 is 0 Å². The molecular formula is C19H26N3O3+. The van der Waals surface area contributed by atoms with Gasteiger partial charge in [0.25, 0.3) is 5.91 Å². The van der Waals surface area contributed by atoms with E-state index in [-0.39, 0.29) is 24.9 Å². The highest BCUT2D eigenvalue weighted by Crippen LogP contribution is 2.14. The second-order valence-electron chi connectivity index (χ2n) is 6.16. The molecule has 0 spiro atoms. The van der Waals surface area contributed by atoms with Crippen molar-refractivity contribution in [2.45, 2.75) is 26.8 Å². The number of likely N-dealkylation sites (N-methyl/N-ethyl adjacent to an activating group) is 1. The van der Waals surface area contributed by atoms with E-state index >= 15 is 0 Å². The molecule has 0 bridgehead atoms. The Bertz CT molecular complexity index is 724. The van der Waals surface area contributed by atoms with Crippen molar-refractivity contribution in [1.82, 2.24) is 5.32 Å². The van der Waals surface area contributed by atoms with Crippen molar-refractivity contribution in [1.29, 1.82) is 0 Å². The number of anilines is 1. The molecule has 0 radical (unpaired) electrons. The third kappa shape index (κ3) is 6.08. The summed E-state index contributed by atoms with van der Waals surface area (Å²) in [6.45, 7) is 4.78. The number of aryl methyl sites for hydroxylation is 2. The fourth-order valence-corrected chi connectivity index (χ4v) is 2.60. The Morgan fingerprint density at radius 1 is 1.12 bits per heavy atom. The molecule has 0 aliphatic heterocycles. The molecule has 2 rings (SSSR count). The zero-order valence-electron chi connectivity index (χ0n) is 15.0. The van der Waals surface area contributed by atoms with Gasteiger partial charge in [0.2, 0.25) is 5.91 Å². The second kappa shape index (κ2) is 9.03. The fraction of sp³-hybridized carbons (Fsp3) is 0.368. The van der Waals surface area contributed by atoms with Gasteiger partial charge in [-0.3, -0.25) is 9.59 Å². The number of quaternary nitrogens is 1. The van der Waals surface area contributed by atoms with Gasteiger partial charge in [0, 0.05) is 5.69 Å². The largest absolute Gasteiger partial charge is 0.460 e. The number of hydrogen-bond donors (Lipinski definition) is 3. The van der Waals surface area contributed by atoms with Crippen LogP contribution in [-0.4, -0.2) is 32.0 Å². The van der Waals surface area contributed by atoms with E-state index in [4.69, 9.17) is 4.42 Å². The molecule has 2 aromatic rings. The summed E-state index contributed by atoms with van der Waals surface area (Å²) in [4.78, 5) is 25.0. The first-order valence-electron chi connectivity index (χ1n) is 8.49. The number of nitrogens with one attached hydrogen (secondary N) is 3. The van der Waals surface area contributed by atoms with Gasteiger partial charge in [-0.05, 0) is 37.1 Å². The lowest BCUT2D eigenvalue weighted by Gasteiger charge is -2.13. The smallest absolute Gasteiger partial charge is 0.275 e. The molecule has 0 saturated heterocycles. The molecule has 6 nitrogen and oxygen atoms in total. The van der Waals surface area contributed by atoms with E-state index in [1.807, 2.05) is 57.3 Å². The summed E-state index contributed by atoms with van der Waals surface area (Å²) in [7, 11) is 1.91. The van der Waals surface area contributed by atoms with Gasteiger partial charge in [0.05, 0.1) is 13.6 Å². The summed E-state index contributed by atoms with van der Waals surface area (Å²) in [5.74, 6) is 1.31. The van der Waals surface area contributed by atoms with Crippen LogP contribution in [0.25, 0.3) is 0 Å². The molecule has 1 atom stereocenters. The van der Waals surface area contributed by atoms with E-state index in [0.717, 1.165) is 34.1 Å². The lowest BCUT2D eigenvalue weighted by Crippen LogP contribution is -3.08. The van der Waals surface area contributed by atoms with E-state index < -0.39 is 0 Å². The van der Waals surface area contributed by atoms with Crippen LogP contribution in [0.2, 0.25) is 0 Å². The predicted octanol–water partition coefficient (Wildman–Crippen LogP) is 0.920. The SMILES string of the molecule is CCc1ccccc1NC(=O)CNC(=O)C[NH+](C)Cc1ccc(C)o1. The van der Waals surface area contributed by atoms with Gasteiger partial charge in [0.1, 0.15) is 12.3 Å². The lowest BCUT2D eigenvalue weighted by atomic mass is 10.1. The average molecular weight is 344 g/mol. The van der Waals surface area contributed by atoms with E-state index in [1.165, 1.54) is 0 Å². The molecule has 25 heavy (non-hydrogen) atoms. The number of para-hydroxylation sites is 1. The highest BCUT2D eigenvalue weighted by Gasteiger charge is 2.13. The quantitative estimate of drug-likeness (QED) is 0.667. The molecule has 2 amide bonds. The van der Waals surface area contributed by atoms with Crippen molar-refractivity contribution < 1.29 is 18.9 Å². The Hall–Kier alpha value is -2.60. The number of carbonyl (C=O) groups excluding carboxylic acids is 2. The number of amides is 2. The van der Waals surface area contributed by atoms with Gasteiger partial charge < -0.3 is 20.0 Å². The molecule has 0 fully saturated rings. The molecule has 0 aliphatic carbocycles. The summed E-state index contributed by atoms with van der Waals surface area (Å²) in [5, 5.41) is 5.50. The molecule has 0 saturated carbocycles. The van der Waals surface area contributed by atoms with Gasteiger partial charge >= 0.3 is 0 Å². The van der Waals surface area contributed by atoms with Gasteiger partial charge in [-0.15, -0.1) is 0 Å². The first-order valence-corrected chi connectivity index (χ1v) is 8.49. The minimum absolute atomic E-state index is 0.0377. The molecule has 3 N–H and O–H groups in total. The minimum Gasteiger partial charge on any atom is -0.460 e. The summed E-state index contributed by atoms with van der Waals surface area (Å²) < 4.78 is 5.51. The van der Waals surface area contributed by atoms with Crippen LogP contribution in [0.3, 0.4) is 0 Å². The van der Waals surface area contributed by atoms with Gasteiger partial charge in [-0.2, -0.15) is 0 Å². The lowest BCUT2D eigenvalue weighted by molar-refractivity contribution is -0.886. The monoisotopic (exact) mass is 344 g/mol. The summed E-state index contributed by atoms with van der Waals surface area (Å²) in [6, 6.07) is 11.5. The van der Waals surface area contributed by atoms with Crippen LogP contribution in [0.5, 0.6) is 0 Å². The van der Waals surface area contributed by atoms with Gasteiger partial charge in [-0.1, -0.05) is 25.1 Å². The molecule has 1 unspecified atom stereocenters. The molecule has 1 aromatic heterocycles. The third-order valence-corrected chi connectivity index (χ3v) is 3.85. The number of benzene rings is 1. The number of carbonyl (C=O) groups is 2. The summed E-state index contributed by atoms with van der Waals surface area (Å²) in [6.07, 6.45) is 0.837. The summed E-state index contributed by atoms with van der Waals surface area (Å²) >= 11 is 0. The molecule has 134 valence electrons. The number of rotatable bonds is 8. The van der Waals surface area contributed by atoms with Crippen molar-refractivity contribution in [3.63, 3.8) is 0 Å². The van der Waals surface area contributed by atoms with E-state index in [0.29, 0.717) is 6.54 Å². The first-order chi connectivity index (χ1) is 12.0. The van der Waals surface area contributed by atoms with Crippen LogP contribution in [0, 0.1) is 6.92 Å². The van der Waals surface area contributed by atoms with E-state index in [1.54, 1.807) is 0 Å². The molecule has 1 aromatic carbocycles. The van der Waals surface area contributed by atoms with Crippen LogP contribution < -0.4 is 15.5 Å². The molecule has 1 heterocycles. The average Bonchev–Trinajstić information content (AvgIpc) is 2.98. The number of furan rings is 1. The Morgan fingerprint density at radius 3 is 2.56 bits per heavy atom. The predicted molar refractivity (Wildman–Crippen MR) is 96.4 cm³/mol. The van der Waals surface area contributed by atoms with E-state index in [2.05, 4.69) is 10.6 Å². The summed E-state index contributed by atoms with van der Waals surface area (Å²) in [5.41, 5.74) is 1.86. The van der Waals surface area contributed by atoms with Crippen LogP contribution in [0.4, 0.5) is 5.69 Å². The van der Waals surface area contributed by atoms with Crippen molar-refractivity contribution in [3.8, 4) is 0 Å². The normalized spacial score (nSPS) is 11.8. The zero-order valence-corrected chi connectivity index (χ0v) is 15.0. The first kappa shape index (κ1) is 18.7. The molecular weight excluding hydrogens is 318 g/mol. The zero-order chi connectivity index (χ0) is 18.2. The Kier molecular flexibility index (Phi) is 6.77. The Labute approximate surface area is 148 Å². The second-order valence-corrected chi connectivity index (χ2v) is 6.16. The van der Waals surface area contributed by atoms with Crippen molar-refractivity contribution in [3.05, 3.63) is 53.5 Å². The van der Waals surface area contributed by atoms with Gasteiger partial charge in [0.15, 0.2) is 12.3 Å². The van der Waals surface area contributed by atoms with Crippen LogP contribution in [-0.2, 0) is 22.6 Å². The van der Waals surface area contributed by atoms with Crippen LogP contribution in [0.1, 0.15) is 24.0 Å². The van der Waals surface area contributed by atoms with Gasteiger partial charge in [-0.25, -0.2) is 0 Å². The maximum atomic E-state index is 12.0. The van der Waals surface area contributed by atoms with Crippen molar-refractivity contribution in [2.75, 3.05) is 25.5 Å². The topological polar surface area (TPSA) is 75.8 Å². The fourth-order valence-electron chi connectivity index (χ4n) is 2.60. The van der Waals surface area contributed by atoms with E-state index in [9.17, 15) is 9.59 Å². The number of hydrogen-bond acceptors (Lipinski definition) is 3. The third-order valence-electron chi connectivity index (χ3n) is 3.85. The van der Waals surface area contributed by atoms with Crippen molar-refractivity contribution >= 4 is 17.5 Å². The Balaban J connectivity index is 1.74. The van der Waals surface area contributed by atoms with Crippen molar-refractivity contribution in [2.24, 2.45) is 0 Å². The maximum absolute atomic E-state index is 12.0.